The molecule has 4 aliphatic rings. The largest absolute Gasteiger partial charge is 0.391 e. The Hall–Kier alpha value is -2.70. The molecule has 2 aliphatic carbocycles. The molecule has 0 spiro atoms. The van der Waals surface area contributed by atoms with Crippen LogP contribution < -0.4 is 4.90 Å². The predicted molar refractivity (Wildman–Crippen MR) is 119 cm³/mol. The summed E-state index contributed by atoms with van der Waals surface area (Å²) in [6.45, 7) is 1.48. The molecule has 3 fully saturated rings. The Balaban J connectivity index is 1.33. The summed E-state index contributed by atoms with van der Waals surface area (Å²) in [6.07, 6.45) is 0.517. The maximum atomic E-state index is 13.5. The number of ketones is 1. The van der Waals surface area contributed by atoms with Crippen LogP contribution in [0, 0.1) is 29.6 Å². The van der Waals surface area contributed by atoms with Gasteiger partial charge in [-0.3, -0.25) is 19.3 Å². The number of rotatable bonds is 3. The van der Waals surface area contributed by atoms with Crippen LogP contribution in [0.5, 0.6) is 0 Å². The standard InChI is InChI=1S/C24H18Cl2N2O4/c1-10(29)11-2-5-13(6-3-11)28-23(30)18-15-9-16(19(18)24(28)31)22-20(15)21(27-32-22)14-7-4-12(25)8-17(14)26/h2-8,15-16,18-20,22H,9H2,1H3/t15-,16+,18+,19+,20+,22-/m1/s1. The topological polar surface area (TPSA) is 76.0 Å². The van der Waals surface area contributed by atoms with Gasteiger partial charge in [-0.05, 0) is 55.7 Å². The first kappa shape index (κ1) is 19.9. The van der Waals surface area contributed by atoms with Gasteiger partial charge in [-0.25, -0.2) is 0 Å². The van der Waals surface area contributed by atoms with Crippen LogP contribution in [0.3, 0.4) is 0 Å². The second kappa shape index (κ2) is 6.90. The molecule has 6 atom stereocenters. The summed E-state index contributed by atoms with van der Waals surface area (Å²) in [5.74, 6) is -1.45. The zero-order chi connectivity index (χ0) is 22.3. The molecule has 8 heteroatoms. The van der Waals surface area contributed by atoms with E-state index in [1.54, 1.807) is 36.4 Å². The lowest BCUT2D eigenvalue weighted by atomic mass is 9.71. The first-order chi connectivity index (χ1) is 15.4. The summed E-state index contributed by atoms with van der Waals surface area (Å²) in [5, 5.41) is 5.34. The van der Waals surface area contributed by atoms with Gasteiger partial charge in [0.1, 0.15) is 6.10 Å². The molecule has 162 valence electrons. The number of carbonyl (C=O) groups is 3. The quantitative estimate of drug-likeness (QED) is 0.494. The number of halogens is 2. The molecule has 2 bridgehead atoms. The highest BCUT2D eigenvalue weighted by atomic mass is 35.5. The maximum Gasteiger partial charge on any atom is 0.238 e. The number of nitrogens with zero attached hydrogens (tertiary/aromatic N) is 2. The average Bonchev–Trinajstić information content (AvgIpc) is 3.49. The molecule has 0 radical (unpaired) electrons. The van der Waals surface area contributed by atoms with Crippen LogP contribution in [0.25, 0.3) is 0 Å². The zero-order valence-corrected chi connectivity index (χ0v) is 18.5. The van der Waals surface area contributed by atoms with Crippen LogP contribution in [-0.2, 0) is 14.4 Å². The number of carbonyl (C=O) groups excluding carboxylic acids is 3. The lowest BCUT2D eigenvalue weighted by molar-refractivity contribution is -0.125. The highest BCUT2D eigenvalue weighted by Crippen LogP contribution is 2.62. The number of anilines is 1. The van der Waals surface area contributed by atoms with E-state index in [0.717, 1.165) is 17.7 Å². The Bertz CT molecular complexity index is 1230. The van der Waals surface area contributed by atoms with Crippen molar-refractivity contribution in [1.82, 2.24) is 0 Å². The first-order valence-corrected chi connectivity index (χ1v) is 11.3. The van der Waals surface area contributed by atoms with E-state index in [4.69, 9.17) is 28.0 Å². The smallest absolute Gasteiger partial charge is 0.238 e. The molecule has 6 rings (SSSR count). The monoisotopic (exact) mass is 468 g/mol. The molecule has 2 aromatic rings. The SMILES string of the molecule is CC(=O)c1ccc(N2C(=O)[C@H]3[C@@H]4C[C@@H]([C@H]5C(c6ccc(Cl)cc6Cl)=NO[C@H]45)[C@@H]3C2=O)cc1. The average molecular weight is 469 g/mol. The summed E-state index contributed by atoms with van der Waals surface area (Å²) in [6, 6.07) is 11.9. The van der Waals surface area contributed by atoms with Crippen molar-refractivity contribution >= 4 is 52.2 Å². The van der Waals surface area contributed by atoms with Crippen LogP contribution in [0.15, 0.2) is 47.6 Å². The molecule has 2 aromatic carbocycles. The number of imide groups is 1. The molecule has 0 aromatic heterocycles. The lowest BCUT2D eigenvalue weighted by Crippen LogP contribution is -2.41. The van der Waals surface area contributed by atoms with Gasteiger partial charge in [0.2, 0.25) is 11.8 Å². The van der Waals surface area contributed by atoms with Gasteiger partial charge in [-0.15, -0.1) is 0 Å². The fraction of sp³-hybridized carbons (Fsp3) is 0.333. The molecule has 1 saturated heterocycles. The van der Waals surface area contributed by atoms with Gasteiger partial charge in [0.15, 0.2) is 5.78 Å². The van der Waals surface area contributed by atoms with Crippen molar-refractivity contribution in [3.05, 3.63) is 63.6 Å². The minimum atomic E-state index is -0.406. The van der Waals surface area contributed by atoms with E-state index in [0.29, 0.717) is 21.3 Å². The van der Waals surface area contributed by atoms with Crippen molar-refractivity contribution < 1.29 is 19.2 Å². The van der Waals surface area contributed by atoms with Crippen molar-refractivity contribution in [3.63, 3.8) is 0 Å². The Morgan fingerprint density at radius 1 is 1.00 bits per heavy atom. The molecular formula is C24H18Cl2N2O4. The number of hydrogen-bond acceptors (Lipinski definition) is 5. The minimum absolute atomic E-state index is 0.0408. The van der Waals surface area contributed by atoms with E-state index in [1.165, 1.54) is 11.8 Å². The van der Waals surface area contributed by atoms with Crippen molar-refractivity contribution in [2.75, 3.05) is 4.90 Å². The van der Waals surface area contributed by atoms with Gasteiger partial charge in [-0.1, -0.05) is 34.4 Å². The molecule has 2 heterocycles. The first-order valence-electron chi connectivity index (χ1n) is 10.5. The molecule has 2 amide bonds. The van der Waals surface area contributed by atoms with Crippen molar-refractivity contribution in [1.29, 1.82) is 0 Å². The Labute approximate surface area is 194 Å². The predicted octanol–water partition coefficient (Wildman–Crippen LogP) is 4.37. The fourth-order valence-electron chi connectivity index (χ4n) is 6.14. The Kier molecular flexibility index (Phi) is 4.30. The molecule has 0 unspecified atom stereocenters. The number of hydrogen-bond donors (Lipinski definition) is 0. The molecule has 2 aliphatic heterocycles. The third kappa shape index (κ3) is 2.60. The molecular weight excluding hydrogens is 451 g/mol. The summed E-state index contributed by atoms with van der Waals surface area (Å²) in [4.78, 5) is 45.5. The third-order valence-electron chi connectivity index (χ3n) is 7.43. The molecule has 0 N–H and O–H groups in total. The van der Waals surface area contributed by atoms with Gasteiger partial charge in [-0.2, -0.15) is 0 Å². The number of Topliss-reactive ketones (excluding diaryl/α,β-unsaturated/α-hetero) is 1. The number of oxime groups is 1. The highest BCUT2D eigenvalue weighted by Gasteiger charge is 2.70. The van der Waals surface area contributed by atoms with Crippen molar-refractivity contribution in [2.45, 2.75) is 19.4 Å². The number of benzene rings is 2. The van der Waals surface area contributed by atoms with Gasteiger partial charge in [0.05, 0.1) is 28.3 Å². The van der Waals surface area contributed by atoms with Gasteiger partial charge in [0.25, 0.3) is 0 Å². The van der Waals surface area contributed by atoms with Crippen LogP contribution in [-0.4, -0.2) is 29.4 Å². The molecule has 6 nitrogen and oxygen atoms in total. The number of fused-ring (bicyclic) bond motifs is 8. The number of amides is 2. The van der Waals surface area contributed by atoms with Gasteiger partial charge >= 0.3 is 0 Å². The fourth-order valence-corrected chi connectivity index (χ4v) is 6.65. The lowest BCUT2D eigenvalue weighted by Gasteiger charge is -2.30. The van der Waals surface area contributed by atoms with Crippen LogP contribution in [0.1, 0.15) is 29.3 Å². The summed E-state index contributed by atoms with van der Waals surface area (Å²) >= 11 is 12.5. The van der Waals surface area contributed by atoms with E-state index < -0.39 is 11.8 Å². The Morgan fingerprint density at radius 3 is 2.34 bits per heavy atom. The third-order valence-corrected chi connectivity index (χ3v) is 7.98. The molecule has 2 saturated carbocycles. The second-order valence-corrected chi connectivity index (χ2v) is 9.77. The second-order valence-electron chi connectivity index (χ2n) is 8.93. The van der Waals surface area contributed by atoms with E-state index in [2.05, 4.69) is 5.16 Å². The van der Waals surface area contributed by atoms with E-state index in [1.807, 2.05) is 6.07 Å². The molecule has 32 heavy (non-hydrogen) atoms. The Morgan fingerprint density at radius 2 is 1.69 bits per heavy atom. The van der Waals surface area contributed by atoms with Crippen LogP contribution >= 0.6 is 23.2 Å². The van der Waals surface area contributed by atoms with E-state index >= 15 is 0 Å². The summed E-state index contributed by atoms with van der Waals surface area (Å²) in [5.41, 5.74) is 2.52. The van der Waals surface area contributed by atoms with E-state index in [-0.39, 0.29) is 41.5 Å². The van der Waals surface area contributed by atoms with Crippen LogP contribution in [0.4, 0.5) is 5.69 Å². The minimum Gasteiger partial charge on any atom is -0.391 e. The van der Waals surface area contributed by atoms with Crippen molar-refractivity contribution in [3.8, 4) is 0 Å². The zero-order valence-electron chi connectivity index (χ0n) is 17.0. The van der Waals surface area contributed by atoms with Crippen molar-refractivity contribution in [2.24, 2.45) is 34.7 Å². The summed E-state index contributed by atoms with van der Waals surface area (Å²) < 4.78 is 0. The highest BCUT2D eigenvalue weighted by molar-refractivity contribution is 6.37. The van der Waals surface area contributed by atoms with Gasteiger partial charge < -0.3 is 4.84 Å². The maximum absolute atomic E-state index is 13.5. The normalized spacial score (nSPS) is 32.1. The van der Waals surface area contributed by atoms with Gasteiger partial charge in [0, 0.05) is 28.0 Å². The van der Waals surface area contributed by atoms with Crippen LogP contribution in [0.2, 0.25) is 10.0 Å². The van der Waals surface area contributed by atoms with E-state index in [9.17, 15) is 14.4 Å². The summed E-state index contributed by atoms with van der Waals surface area (Å²) in [7, 11) is 0.